The van der Waals surface area contributed by atoms with Crippen LogP contribution in [0.5, 0.6) is 0 Å². The fourth-order valence-corrected chi connectivity index (χ4v) is 3.79. The van der Waals surface area contributed by atoms with Gasteiger partial charge < -0.3 is 5.32 Å². The second-order valence-electron chi connectivity index (χ2n) is 7.74. The van der Waals surface area contributed by atoms with Gasteiger partial charge in [0.1, 0.15) is 0 Å². The van der Waals surface area contributed by atoms with Crippen LogP contribution in [0.1, 0.15) is 57.0 Å². The van der Waals surface area contributed by atoms with Gasteiger partial charge in [0, 0.05) is 17.3 Å². The second-order valence-corrected chi connectivity index (χ2v) is 9.45. The molecule has 146 valence electrons. The zero-order valence-electron chi connectivity index (χ0n) is 16.5. The van der Waals surface area contributed by atoms with Gasteiger partial charge in [0.05, 0.1) is 4.90 Å². The number of carbonyl (C=O) groups is 1. The Morgan fingerprint density at radius 1 is 1.00 bits per heavy atom. The summed E-state index contributed by atoms with van der Waals surface area (Å²) in [7, 11) is -3.55. The van der Waals surface area contributed by atoms with Crippen LogP contribution in [-0.2, 0) is 15.4 Å². The molecule has 0 aliphatic carbocycles. The van der Waals surface area contributed by atoms with Crippen molar-refractivity contribution in [2.75, 3.05) is 5.32 Å². The lowest BCUT2D eigenvalue weighted by molar-refractivity contribution is 0.102. The summed E-state index contributed by atoms with van der Waals surface area (Å²) in [5, 5.41) is 2.79. The third-order valence-electron chi connectivity index (χ3n) is 4.40. The zero-order chi connectivity index (χ0) is 20.2. The number of rotatable bonds is 6. The monoisotopic (exact) mass is 388 g/mol. The quantitative estimate of drug-likeness (QED) is 0.774. The number of anilines is 1. The van der Waals surface area contributed by atoms with Gasteiger partial charge in [-0.1, -0.05) is 39.8 Å². The van der Waals surface area contributed by atoms with Gasteiger partial charge >= 0.3 is 0 Å². The molecule has 2 rings (SSSR count). The van der Waals surface area contributed by atoms with E-state index in [0.29, 0.717) is 17.7 Å². The van der Waals surface area contributed by atoms with Crippen molar-refractivity contribution < 1.29 is 13.2 Å². The van der Waals surface area contributed by atoms with Gasteiger partial charge in [0.15, 0.2) is 0 Å². The van der Waals surface area contributed by atoms with Gasteiger partial charge in [-0.15, -0.1) is 0 Å². The number of hydrogen-bond donors (Lipinski definition) is 2. The van der Waals surface area contributed by atoms with Gasteiger partial charge in [-0.05, 0) is 60.7 Å². The summed E-state index contributed by atoms with van der Waals surface area (Å²) >= 11 is 0. The molecule has 0 spiro atoms. The van der Waals surface area contributed by atoms with E-state index in [-0.39, 0.29) is 22.3 Å². The summed E-state index contributed by atoms with van der Waals surface area (Å²) in [6.45, 7) is 10.1. The number of nitrogens with one attached hydrogen (secondary N) is 2. The highest BCUT2D eigenvalue weighted by Crippen LogP contribution is 2.22. The predicted molar refractivity (Wildman–Crippen MR) is 110 cm³/mol. The zero-order valence-corrected chi connectivity index (χ0v) is 17.4. The molecule has 0 saturated carbocycles. The minimum Gasteiger partial charge on any atom is -0.322 e. The summed E-state index contributed by atoms with van der Waals surface area (Å²) in [6.07, 6.45) is 0.710. The Morgan fingerprint density at radius 3 is 2.04 bits per heavy atom. The highest BCUT2D eigenvalue weighted by molar-refractivity contribution is 7.89. The maximum Gasteiger partial charge on any atom is 0.255 e. The van der Waals surface area contributed by atoms with E-state index < -0.39 is 10.0 Å². The average Bonchev–Trinajstić information content (AvgIpc) is 2.61. The van der Waals surface area contributed by atoms with E-state index >= 15 is 0 Å². The SMILES string of the molecule is CCC(C)NS(=O)(=O)c1ccc(NC(=O)c2ccc(C(C)(C)C)cc2)cc1. The van der Waals surface area contributed by atoms with Crippen LogP contribution < -0.4 is 10.0 Å². The molecule has 0 fully saturated rings. The van der Waals surface area contributed by atoms with E-state index in [0.717, 1.165) is 5.56 Å². The molecule has 6 heteroatoms. The standard InChI is InChI=1S/C21H28N2O3S/c1-6-15(2)23-27(25,26)19-13-11-18(12-14-19)22-20(24)16-7-9-17(10-8-16)21(3,4)5/h7-15,23H,6H2,1-5H3,(H,22,24). The number of sulfonamides is 1. The summed E-state index contributed by atoms with van der Waals surface area (Å²) in [6, 6.07) is 13.5. The Labute approximate surface area is 162 Å². The van der Waals surface area contributed by atoms with Gasteiger partial charge in [0.2, 0.25) is 10.0 Å². The number of amides is 1. The molecule has 0 heterocycles. The third-order valence-corrected chi connectivity index (χ3v) is 6.01. The first-order chi connectivity index (χ1) is 12.5. The lowest BCUT2D eigenvalue weighted by Gasteiger charge is -2.19. The molecule has 0 aliphatic rings. The van der Waals surface area contributed by atoms with Crippen molar-refractivity contribution in [1.82, 2.24) is 4.72 Å². The molecule has 5 nitrogen and oxygen atoms in total. The second kappa shape index (κ2) is 8.23. The molecule has 2 aromatic carbocycles. The Kier molecular flexibility index (Phi) is 6.44. The summed E-state index contributed by atoms with van der Waals surface area (Å²) in [5.41, 5.74) is 2.28. The first-order valence-electron chi connectivity index (χ1n) is 9.07. The van der Waals surface area contributed by atoms with Crippen molar-refractivity contribution in [3.63, 3.8) is 0 Å². The molecule has 2 N–H and O–H groups in total. The molecule has 1 atom stereocenters. The van der Waals surface area contributed by atoms with Crippen LogP contribution >= 0.6 is 0 Å². The first-order valence-corrected chi connectivity index (χ1v) is 10.6. The van der Waals surface area contributed by atoms with E-state index in [2.05, 4.69) is 30.8 Å². The fourth-order valence-electron chi connectivity index (χ4n) is 2.46. The number of hydrogen-bond acceptors (Lipinski definition) is 3. The van der Waals surface area contributed by atoms with Crippen LogP contribution in [0, 0.1) is 0 Å². The molecule has 0 aromatic heterocycles. The number of benzene rings is 2. The molecular formula is C21H28N2O3S. The maximum atomic E-state index is 12.4. The van der Waals surface area contributed by atoms with Crippen LogP contribution in [0.3, 0.4) is 0 Å². The lowest BCUT2D eigenvalue weighted by atomic mass is 9.87. The van der Waals surface area contributed by atoms with Crippen molar-refractivity contribution in [3.05, 3.63) is 59.7 Å². The number of carbonyl (C=O) groups excluding carboxylic acids is 1. The lowest BCUT2D eigenvalue weighted by Crippen LogP contribution is -2.31. The van der Waals surface area contributed by atoms with Crippen molar-refractivity contribution in [1.29, 1.82) is 0 Å². The van der Waals surface area contributed by atoms with E-state index in [1.54, 1.807) is 24.3 Å². The summed E-state index contributed by atoms with van der Waals surface area (Å²) in [5.74, 6) is -0.233. The van der Waals surface area contributed by atoms with E-state index in [1.165, 1.54) is 12.1 Å². The topological polar surface area (TPSA) is 75.3 Å². The van der Waals surface area contributed by atoms with Gasteiger partial charge in [0.25, 0.3) is 5.91 Å². The summed E-state index contributed by atoms with van der Waals surface area (Å²) in [4.78, 5) is 12.6. The molecule has 0 aliphatic heterocycles. The largest absolute Gasteiger partial charge is 0.322 e. The molecule has 0 bridgehead atoms. The Hall–Kier alpha value is -2.18. The first kappa shape index (κ1) is 21.1. The smallest absolute Gasteiger partial charge is 0.255 e. The van der Waals surface area contributed by atoms with Crippen molar-refractivity contribution in [2.24, 2.45) is 0 Å². The maximum absolute atomic E-state index is 12.4. The van der Waals surface area contributed by atoms with Gasteiger partial charge in [-0.2, -0.15) is 0 Å². The third kappa shape index (κ3) is 5.65. The summed E-state index contributed by atoms with van der Waals surface area (Å²) < 4.78 is 27.2. The Bertz CT molecular complexity index is 881. The van der Waals surface area contributed by atoms with Crippen molar-refractivity contribution in [2.45, 2.75) is 57.4 Å². The predicted octanol–water partition coefficient (Wildman–Crippen LogP) is 4.31. The molecule has 1 amide bonds. The molecule has 0 radical (unpaired) electrons. The van der Waals surface area contributed by atoms with Crippen LogP contribution in [0.4, 0.5) is 5.69 Å². The van der Waals surface area contributed by atoms with Gasteiger partial charge in [-0.25, -0.2) is 13.1 Å². The minimum absolute atomic E-state index is 0.0274. The molecule has 1 unspecified atom stereocenters. The van der Waals surface area contributed by atoms with Crippen LogP contribution in [0.25, 0.3) is 0 Å². The highest BCUT2D eigenvalue weighted by Gasteiger charge is 2.17. The highest BCUT2D eigenvalue weighted by atomic mass is 32.2. The Morgan fingerprint density at radius 2 is 1.56 bits per heavy atom. The average molecular weight is 389 g/mol. The van der Waals surface area contributed by atoms with Crippen molar-refractivity contribution in [3.8, 4) is 0 Å². The van der Waals surface area contributed by atoms with E-state index in [4.69, 9.17) is 0 Å². The van der Waals surface area contributed by atoms with Crippen LogP contribution in [0.2, 0.25) is 0 Å². The fraction of sp³-hybridized carbons (Fsp3) is 0.381. The normalized spacial score (nSPS) is 13.2. The van der Waals surface area contributed by atoms with Crippen LogP contribution in [-0.4, -0.2) is 20.4 Å². The minimum atomic E-state index is -3.55. The molecule has 27 heavy (non-hydrogen) atoms. The van der Waals surface area contributed by atoms with Crippen molar-refractivity contribution >= 4 is 21.6 Å². The Balaban J connectivity index is 2.09. The molecular weight excluding hydrogens is 360 g/mol. The van der Waals surface area contributed by atoms with E-state index in [1.807, 2.05) is 26.0 Å². The van der Waals surface area contributed by atoms with Crippen LogP contribution in [0.15, 0.2) is 53.4 Å². The molecule has 2 aromatic rings. The molecule has 0 saturated heterocycles. The van der Waals surface area contributed by atoms with E-state index in [9.17, 15) is 13.2 Å². The van der Waals surface area contributed by atoms with Gasteiger partial charge in [-0.3, -0.25) is 4.79 Å².